The molecule has 3 aromatic rings. The van der Waals surface area contributed by atoms with Crippen molar-refractivity contribution in [3.05, 3.63) is 52.5 Å². The normalized spacial score (nSPS) is 15.0. The minimum absolute atomic E-state index is 0.232. The van der Waals surface area contributed by atoms with Gasteiger partial charge in [-0.3, -0.25) is 0 Å². The van der Waals surface area contributed by atoms with E-state index in [9.17, 15) is 8.42 Å². The molecule has 0 fully saturated rings. The van der Waals surface area contributed by atoms with Crippen LogP contribution in [-0.4, -0.2) is 22.6 Å². The van der Waals surface area contributed by atoms with E-state index in [1.165, 1.54) is 15.7 Å². The molecule has 1 aliphatic heterocycles. The Bertz CT molecular complexity index is 1070. The first-order valence-corrected chi connectivity index (χ1v) is 9.77. The lowest BCUT2D eigenvalue weighted by molar-refractivity contribution is 0.578. The van der Waals surface area contributed by atoms with Gasteiger partial charge in [0.25, 0.3) is 10.0 Å². The minimum Gasteiger partial charge on any atom is -0.201 e. The van der Waals surface area contributed by atoms with E-state index in [4.69, 9.17) is 11.6 Å². The molecule has 24 heavy (non-hydrogen) atoms. The van der Waals surface area contributed by atoms with Crippen molar-refractivity contribution in [2.45, 2.75) is 28.8 Å². The average molecular weight is 378 g/mol. The van der Waals surface area contributed by atoms with E-state index in [-0.39, 0.29) is 4.90 Å². The third-order valence-electron chi connectivity index (χ3n) is 3.85. The van der Waals surface area contributed by atoms with Crippen molar-refractivity contribution in [1.29, 1.82) is 0 Å². The summed E-state index contributed by atoms with van der Waals surface area (Å²) in [5, 5.41) is 9.01. The number of halogens is 1. The van der Waals surface area contributed by atoms with Crippen molar-refractivity contribution < 1.29 is 8.42 Å². The topological polar surface area (TPSA) is 64.8 Å². The van der Waals surface area contributed by atoms with Gasteiger partial charge in [0.15, 0.2) is 5.82 Å². The van der Waals surface area contributed by atoms with Crippen LogP contribution >= 0.6 is 23.4 Å². The summed E-state index contributed by atoms with van der Waals surface area (Å²) in [5.74, 6) is 0.316. The maximum atomic E-state index is 13.1. The standard InChI is InChI=1S/C16H12ClN3O2S2/c1-9-3-5-11(6-4-9)15-18-19-16-20(15)24(21,22)14-7-10(2)12(17)8-13(14)23-16/h3-8H,1-2H3. The summed E-state index contributed by atoms with van der Waals surface area (Å²) in [7, 11) is -3.77. The zero-order valence-electron chi connectivity index (χ0n) is 12.8. The van der Waals surface area contributed by atoms with Crippen molar-refractivity contribution in [3.8, 4) is 11.4 Å². The monoisotopic (exact) mass is 377 g/mol. The number of nitrogens with zero attached hydrogens (tertiary/aromatic N) is 3. The summed E-state index contributed by atoms with van der Waals surface area (Å²) < 4.78 is 27.4. The average Bonchev–Trinajstić information content (AvgIpc) is 2.95. The number of aryl methyl sites for hydroxylation is 2. The molecule has 0 unspecified atom stereocenters. The Balaban J connectivity index is 1.96. The quantitative estimate of drug-likeness (QED) is 0.503. The van der Waals surface area contributed by atoms with Crippen molar-refractivity contribution >= 4 is 33.4 Å². The maximum Gasteiger partial charge on any atom is 0.272 e. The summed E-state index contributed by atoms with van der Waals surface area (Å²) in [6.07, 6.45) is 0. The number of benzene rings is 2. The van der Waals surface area contributed by atoms with Crippen LogP contribution < -0.4 is 0 Å². The summed E-state index contributed by atoms with van der Waals surface area (Å²) in [6, 6.07) is 10.8. The van der Waals surface area contributed by atoms with Gasteiger partial charge in [-0.25, -0.2) is 8.42 Å². The Kier molecular flexibility index (Phi) is 3.49. The largest absolute Gasteiger partial charge is 0.272 e. The van der Waals surface area contributed by atoms with E-state index in [2.05, 4.69) is 10.2 Å². The highest BCUT2D eigenvalue weighted by Crippen LogP contribution is 2.43. The molecule has 0 amide bonds. The summed E-state index contributed by atoms with van der Waals surface area (Å²) in [5.41, 5.74) is 2.51. The molecule has 0 radical (unpaired) electrons. The second-order valence-corrected chi connectivity index (χ2v) is 8.76. The van der Waals surface area contributed by atoms with Gasteiger partial charge in [0, 0.05) is 15.5 Å². The van der Waals surface area contributed by atoms with Crippen LogP contribution in [0.15, 0.2) is 51.3 Å². The Labute approximate surface area is 148 Å². The Hall–Kier alpha value is -1.83. The number of hydrogen-bond donors (Lipinski definition) is 0. The lowest BCUT2D eigenvalue weighted by Crippen LogP contribution is -2.19. The van der Waals surface area contributed by atoms with E-state index < -0.39 is 10.0 Å². The first kappa shape index (κ1) is 15.7. The van der Waals surface area contributed by atoms with Gasteiger partial charge < -0.3 is 0 Å². The molecule has 122 valence electrons. The lowest BCUT2D eigenvalue weighted by Gasteiger charge is -2.19. The second-order valence-electron chi connectivity index (χ2n) is 5.59. The van der Waals surface area contributed by atoms with Crippen LogP contribution in [0.1, 0.15) is 11.1 Å². The fourth-order valence-electron chi connectivity index (χ4n) is 2.53. The molecule has 4 rings (SSSR count). The molecule has 1 aromatic heterocycles. The van der Waals surface area contributed by atoms with Crippen LogP contribution in [-0.2, 0) is 10.0 Å². The van der Waals surface area contributed by atoms with Gasteiger partial charge in [-0.1, -0.05) is 41.4 Å². The molecule has 0 N–H and O–H groups in total. The highest BCUT2D eigenvalue weighted by Gasteiger charge is 2.34. The molecule has 0 bridgehead atoms. The molecule has 0 aliphatic carbocycles. The van der Waals surface area contributed by atoms with Crippen LogP contribution in [0.25, 0.3) is 11.4 Å². The molecule has 5 nitrogen and oxygen atoms in total. The van der Waals surface area contributed by atoms with E-state index in [0.29, 0.717) is 32.0 Å². The second kappa shape index (κ2) is 5.34. The van der Waals surface area contributed by atoms with Crippen molar-refractivity contribution in [2.75, 3.05) is 0 Å². The SMILES string of the molecule is Cc1ccc(-c2nnc3n2S(=O)(=O)c2cc(C)c(Cl)cc2S3)cc1. The zero-order valence-corrected chi connectivity index (χ0v) is 15.2. The Morgan fingerprint density at radius 2 is 1.79 bits per heavy atom. The van der Waals surface area contributed by atoms with Crippen molar-refractivity contribution in [2.24, 2.45) is 0 Å². The molecular formula is C16H12ClN3O2S2. The molecule has 0 atom stereocenters. The van der Waals surface area contributed by atoms with Crippen LogP contribution in [0, 0.1) is 13.8 Å². The molecule has 0 saturated heterocycles. The lowest BCUT2D eigenvalue weighted by atomic mass is 10.1. The van der Waals surface area contributed by atoms with Crippen molar-refractivity contribution in [1.82, 2.24) is 14.2 Å². The predicted molar refractivity (Wildman–Crippen MR) is 93.1 cm³/mol. The molecule has 0 spiro atoms. The van der Waals surface area contributed by atoms with Gasteiger partial charge in [-0.2, -0.15) is 3.97 Å². The van der Waals surface area contributed by atoms with Gasteiger partial charge in [0.1, 0.15) is 4.90 Å². The van der Waals surface area contributed by atoms with E-state index in [1.807, 2.05) is 31.2 Å². The third-order valence-corrected chi connectivity index (χ3v) is 7.23. The molecule has 0 saturated carbocycles. The maximum absolute atomic E-state index is 13.1. The van der Waals surface area contributed by atoms with Crippen LogP contribution in [0.2, 0.25) is 5.02 Å². The number of aromatic nitrogens is 3. The van der Waals surface area contributed by atoms with E-state index in [0.717, 1.165) is 5.56 Å². The van der Waals surface area contributed by atoms with Crippen LogP contribution in [0.5, 0.6) is 0 Å². The van der Waals surface area contributed by atoms with Crippen molar-refractivity contribution in [3.63, 3.8) is 0 Å². The molecule has 2 heterocycles. The first-order valence-electron chi connectivity index (χ1n) is 7.14. The highest BCUT2D eigenvalue weighted by molar-refractivity contribution is 8.01. The highest BCUT2D eigenvalue weighted by atomic mass is 35.5. The molecular weight excluding hydrogens is 366 g/mol. The van der Waals surface area contributed by atoms with Gasteiger partial charge in [-0.15, -0.1) is 10.2 Å². The molecule has 2 aromatic carbocycles. The summed E-state index contributed by atoms with van der Waals surface area (Å²) in [6.45, 7) is 3.75. The molecule has 1 aliphatic rings. The Morgan fingerprint density at radius 3 is 2.50 bits per heavy atom. The van der Waals surface area contributed by atoms with Crippen LogP contribution in [0.3, 0.4) is 0 Å². The number of fused-ring (bicyclic) bond motifs is 2. The van der Waals surface area contributed by atoms with Gasteiger partial charge >= 0.3 is 0 Å². The van der Waals surface area contributed by atoms with Gasteiger partial charge in [0.2, 0.25) is 5.16 Å². The van der Waals surface area contributed by atoms with Crippen LogP contribution in [0.4, 0.5) is 0 Å². The van der Waals surface area contributed by atoms with Gasteiger partial charge in [0.05, 0.1) is 0 Å². The van der Waals surface area contributed by atoms with Gasteiger partial charge in [-0.05, 0) is 43.3 Å². The Morgan fingerprint density at radius 1 is 1.08 bits per heavy atom. The van der Waals surface area contributed by atoms with E-state index in [1.54, 1.807) is 19.1 Å². The fourth-order valence-corrected chi connectivity index (χ4v) is 5.84. The number of hydrogen-bond acceptors (Lipinski definition) is 5. The summed E-state index contributed by atoms with van der Waals surface area (Å²) in [4.78, 5) is 0.802. The number of rotatable bonds is 1. The zero-order chi connectivity index (χ0) is 17.1. The first-order chi connectivity index (χ1) is 11.4. The van der Waals surface area contributed by atoms with E-state index >= 15 is 0 Å². The fraction of sp³-hybridized carbons (Fsp3) is 0.125. The minimum atomic E-state index is -3.77. The summed E-state index contributed by atoms with van der Waals surface area (Å²) >= 11 is 7.38. The predicted octanol–water partition coefficient (Wildman–Crippen LogP) is 3.92. The smallest absolute Gasteiger partial charge is 0.201 e. The third kappa shape index (κ3) is 2.27. The molecule has 8 heteroatoms.